The number of nitrogens with zero attached hydrogens (tertiary/aromatic N) is 1. The molecule has 4 nitrogen and oxygen atoms in total. The fourth-order valence-corrected chi connectivity index (χ4v) is 3.88. The Hall–Kier alpha value is -2.53. The van der Waals surface area contributed by atoms with Crippen molar-refractivity contribution in [2.45, 2.75) is 19.5 Å². The largest absolute Gasteiger partial charge is 0.350 e. The van der Waals surface area contributed by atoms with E-state index in [1.807, 2.05) is 61.5 Å². The number of hydrogen-bond acceptors (Lipinski definition) is 3. The minimum atomic E-state index is -0.418. The fraction of sp³-hybridized carbons (Fsp3) is 0.238. The van der Waals surface area contributed by atoms with Gasteiger partial charge in [-0.05, 0) is 24.1 Å². The molecule has 1 fully saturated rings. The SMILES string of the molecule is Cc1ccc(/C=C/C(=O)N2CSCC2C(=O)NCc2ccccc2)cc1. The molecule has 2 aromatic rings. The van der Waals surface area contributed by atoms with Crippen molar-refractivity contribution in [1.29, 1.82) is 0 Å². The number of nitrogens with one attached hydrogen (secondary N) is 1. The van der Waals surface area contributed by atoms with Gasteiger partial charge in [-0.3, -0.25) is 9.59 Å². The van der Waals surface area contributed by atoms with Crippen LogP contribution in [0.25, 0.3) is 6.08 Å². The summed E-state index contributed by atoms with van der Waals surface area (Å²) >= 11 is 1.60. The smallest absolute Gasteiger partial charge is 0.247 e. The highest BCUT2D eigenvalue weighted by molar-refractivity contribution is 7.99. The van der Waals surface area contributed by atoms with Crippen LogP contribution in [0.5, 0.6) is 0 Å². The predicted molar refractivity (Wildman–Crippen MR) is 106 cm³/mol. The molecule has 134 valence electrons. The van der Waals surface area contributed by atoms with Gasteiger partial charge in [0.15, 0.2) is 0 Å². The maximum Gasteiger partial charge on any atom is 0.247 e. The maximum absolute atomic E-state index is 12.5. The van der Waals surface area contributed by atoms with Crippen molar-refractivity contribution in [2.75, 3.05) is 11.6 Å². The lowest BCUT2D eigenvalue weighted by Gasteiger charge is -2.21. The Bertz CT molecular complexity index is 787. The van der Waals surface area contributed by atoms with Gasteiger partial charge in [-0.1, -0.05) is 60.2 Å². The molecular weight excluding hydrogens is 344 g/mol. The highest BCUT2D eigenvalue weighted by Gasteiger charge is 2.33. The van der Waals surface area contributed by atoms with E-state index in [-0.39, 0.29) is 11.8 Å². The average Bonchev–Trinajstić information content (AvgIpc) is 3.16. The number of benzene rings is 2. The van der Waals surface area contributed by atoms with Gasteiger partial charge in [-0.15, -0.1) is 11.8 Å². The lowest BCUT2D eigenvalue weighted by molar-refractivity contribution is -0.134. The third-order valence-corrected chi connectivity index (χ3v) is 5.29. The van der Waals surface area contributed by atoms with Gasteiger partial charge in [0.1, 0.15) is 6.04 Å². The van der Waals surface area contributed by atoms with Gasteiger partial charge < -0.3 is 10.2 Å². The van der Waals surface area contributed by atoms with E-state index >= 15 is 0 Å². The summed E-state index contributed by atoms with van der Waals surface area (Å²) in [6.07, 6.45) is 3.34. The van der Waals surface area contributed by atoms with Gasteiger partial charge in [0.05, 0.1) is 5.88 Å². The zero-order valence-corrected chi connectivity index (χ0v) is 15.5. The molecule has 0 aliphatic carbocycles. The molecule has 0 spiro atoms. The Morgan fingerprint density at radius 2 is 1.88 bits per heavy atom. The average molecular weight is 366 g/mol. The first-order valence-electron chi connectivity index (χ1n) is 8.58. The number of carbonyl (C=O) groups excluding carboxylic acids is 2. The molecule has 1 aliphatic rings. The van der Waals surface area contributed by atoms with Gasteiger partial charge >= 0.3 is 0 Å². The first-order chi connectivity index (χ1) is 12.6. The number of hydrogen-bond donors (Lipinski definition) is 1. The second-order valence-corrected chi connectivity index (χ2v) is 7.27. The molecule has 0 bridgehead atoms. The molecule has 5 heteroatoms. The molecule has 26 heavy (non-hydrogen) atoms. The molecule has 0 saturated carbocycles. The molecular formula is C21H22N2O2S. The van der Waals surface area contributed by atoms with Gasteiger partial charge in [0.25, 0.3) is 0 Å². The van der Waals surface area contributed by atoms with Crippen molar-refractivity contribution in [3.63, 3.8) is 0 Å². The van der Waals surface area contributed by atoms with Crippen LogP contribution in [0.4, 0.5) is 0 Å². The Morgan fingerprint density at radius 1 is 1.15 bits per heavy atom. The van der Waals surface area contributed by atoms with Crippen molar-refractivity contribution < 1.29 is 9.59 Å². The number of thioether (sulfide) groups is 1. The summed E-state index contributed by atoms with van der Waals surface area (Å²) in [6.45, 7) is 2.50. The highest BCUT2D eigenvalue weighted by atomic mass is 32.2. The van der Waals surface area contributed by atoms with Crippen LogP contribution < -0.4 is 5.32 Å². The second kappa shape index (κ2) is 8.72. The lowest BCUT2D eigenvalue weighted by atomic mass is 10.1. The molecule has 1 heterocycles. The zero-order valence-electron chi connectivity index (χ0n) is 14.7. The third-order valence-electron chi connectivity index (χ3n) is 4.27. The summed E-state index contributed by atoms with van der Waals surface area (Å²) in [4.78, 5) is 26.7. The normalized spacial score (nSPS) is 16.8. The van der Waals surface area contributed by atoms with E-state index < -0.39 is 6.04 Å². The summed E-state index contributed by atoms with van der Waals surface area (Å²) in [7, 11) is 0. The quantitative estimate of drug-likeness (QED) is 0.827. The van der Waals surface area contributed by atoms with E-state index in [0.717, 1.165) is 11.1 Å². The summed E-state index contributed by atoms with van der Waals surface area (Å²) in [5, 5.41) is 2.94. The number of amides is 2. The molecule has 2 aromatic carbocycles. The van der Waals surface area contributed by atoms with Crippen LogP contribution >= 0.6 is 11.8 Å². The van der Waals surface area contributed by atoms with Crippen LogP contribution in [0.1, 0.15) is 16.7 Å². The Morgan fingerprint density at radius 3 is 2.62 bits per heavy atom. The standard InChI is InChI=1S/C21H22N2O2S/c1-16-7-9-17(10-8-16)11-12-20(24)23-15-26-14-19(23)21(25)22-13-18-5-3-2-4-6-18/h2-12,19H,13-15H2,1H3,(H,22,25)/b12-11+. The molecule has 0 radical (unpaired) electrons. The monoisotopic (exact) mass is 366 g/mol. The van der Waals surface area contributed by atoms with Crippen LogP contribution in [0.2, 0.25) is 0 Å². The minimum absolute atomic E-state index is 0.101. The summed E-state index contributed by atoms with van der Waals surface area (Å²) < 4.78 is 0. The molecule has 1 atom stereocenters. The molecule has 1 aliphatic heterocycles. The summed E-state index contributed by atoms with van der Waals surface area (Å²) in [6, 6.07) is 17.3. The zero-order chi connectivity index (χ0) is 18.4. The molecule has 1 unspecified atom stereocenters. The van der Waals surface area contributed by atoms with E-state index in [1.54, 1.807) is 28.8 Å². The van der Waals surface area contributed by atoms with Crippen LogP contribution in [0.15, 0.2) is 60.7 Å². The van der Waals surface area contributed by atoms with E-state index in [2.05, 4.69) is 5.32 Å². The summed E-state index contributed by atoms with van der Waals surface area (Å²) in [5.41, 5.74) is 3.20. The Labute approximate surface area is 158 Å². The van der Waals surface area contributed by atoms with Gasteiger partial charge in [-0.2, -0.15) is 0 Å². The first kappa shape index (κ1) is 18.3. The van der Waals surface area contributed by atoms with Crippen LogP contribution in [0, 0.1) is 6.92 Å². The third kappa shape index (κ3) is 4.76. The number of aryl methyl sites for hydroxylation is 1. The fourth-order valence-electron chi connectivity index (χ4n) is 2.72. The van der Waals surface area contributed by atoms with Crippen molar-refractivity contribution in [3.8, 4) is 0 Å². The van der Waals surface area contributed by atoms with Gasteiger partial charge in [0.2, 0.25) is 11.8 Å². The van der Waals surface area contributed by atoms with E-state index in [9.17, 15) is 9.59 Å². The maximum atomic E-state index is 12.5. The van der Waals surface area contributed by atoms with Crippen LogP contribution in [0.3, 0.4) is 0 Å². The Balaban J connectivity index is 1.58. The topological polar surface area (TPSA) is 49.4 Å². The van der Waals surface area contributed by atoms with E-state index in [4.69, 9.17) is 0 Å². The molecule has 1 saturated heterocycles. The number of rotatable bonds is 5. The molecule has 2 amide bonds. The van der Waals surface area contributed by atoms with Gasteiger partial charge in [0, 0.05) is 18.4 Å². The summed E-state index contributed by atoms with van der Waals surface area (Å²) in [5.74, 6) is 0.942. The van der Waals surface area contributed by atoms with E-state index in [1.165, 1.54) is 5.56 Å². The molecule has 0 aromatic heterocycles. The molecule has 3 rings (SSSR count). The van der Waals surface area contributed by atoms with Crippen molar-refractivity contribution >= 4 is 29.7 Å². The lowest BCUT2D eigenvalue weighted by Crippen LogP contribution is -2.46. The van der Waals surface area contributed by atoms with Crippen LogP contribution in [-0.4, -0.2) is 34.4 Å². The minimum Gasteiger partial charge on any atom is -0.350 e. The van der Waals surface area contributed by atoms with Crippen LogP contribution in [-0.2, 0) is 16.1 Å². The van der Waals surface area contributed by atoms with E-state index in [0.29, 0.717) is 18.2 Å². The highest BCUT2D eigenvalue weighted by Crippen LogP contribution is 2.22. The Kier molecular flexibility index (Phi) is 6.12. The number of carbonyl (C=O) groups is 2. The van der Waals surface area contributed by atoms with Gasteiger partial charge in [-0.25, -0.2) is 0 Å². The molecule has 1 N–H and O–H groups in total. The van der Waals surface area contributed by atoms with Crippen molar-refractivity contribution in [2.24, 2.45) is 0 Å². The van der Waals surface area contributed by atoms with Crippen molar-refractivity contribution in [3.05, 3.63) is 77.4 Å². The first-order valence-corrected chi connectivity index (χ1v) is 9.74. The van der Waals surface area contributed by atoms with Crippen molar-refractivity contribution in [1.82, 2.24) is 10.2 Å². The predicted octanol–water partition coefficient (Wildman–Crippen LogP) is 3.23. The second-order valence-electron chi connectivity index (χ2n) is 6.27.